The van der Waals surface area contributed by atoms with Gasteiger partial charge in [-0.3, -0.25) is 4.79 Å². The van der Waals surface area contributed by atoms with Crippen LogP contribution in [-0.4, -0.2) is 11.9 Å². The number of nitrogens with one attached hydrogen (secondary N) is 2. The van der Waals surface area contributed by atoms with Gasteiger partial charge >= 0.3 is 12.2 Å². The summed E-state index contributed by atoms with van der Waals surface area (Å²) in [6.45, 7) is 0. The first kappa shape index (κ1) is 24.7. The molecule has 0 radical (unpaired) electrons. The Balaban J connectivity index is 1.77. The van der Waals surface area contributed by atoms with Crippen molar-refractivity contribution >= 4 is 65.0 Å². The monoisotopic (exact) mass is 517 g/mol. The SMILES string of the molecule is O=C(Nc1ccc(F)c(N(S)C(=O)Nc2cccc(C(F)(F)F)c2)c1)c1ccc(Cl)c(Cl)c1. The van der Waals surface area contributed by atoms with Crippen LogP contribution in [0.3, 0.4) is 0 Å². The smallest absolute Gasteiger partial charge is 0.322 e. The van der Waals surface area contributed by atoms with Gasteiger partial charge in [0, 0.05) is 16.9 Å². The van der Waals surface area contributed by atoms with Gasteiger partial charge in [0.05, 0.1) is 21.3 Å². The molecule has 3 aromatic carbocycles. The second-order valence-corrected chi connectivity index (χ2v) is 7.78. The number of hydrogen-bond acceptors (Lipinski definition) is 3. The minimum Gasteiger partial charge on any atom is -0.322 e. The summed E-state index contributed by atoms with van der Waals surface area (Å²) in [7, 11) is 0. The summed E-state index contributed by atoms with van der Waals surface area (Å²) in [5.74, 6) is -1.44. The van der Waals surface area contributed by atoms with Crippen LogP contribution in [0.2, 0.25) is 10.0 Å². The van der Waals surface area contributed by atoms with Crippen molar-refractivity contribution in [1.29, 1.82) is 0 Å². The molecule has 0 fully saturated rings. The van der Waals surface area contributed by atoms with Gasteiger partial charge in [-0.1, -0.05) is 42.1 Å². The Morgan fingerprint density at radius 2 is 1.58 bits per heavy atom. The number of halogens is 6. The lowest BCUT2D eigenvalue weighted by molar-refractivity contribution is -0.137. The molecule has 0 bridgehead atoms. The van der Waals surface area contributed by atoms with Gasteiger partial charge in [0.15, 0.2) is 0 Å². The van der Waals surface area contributed by atoms with E-state index in [1.54, 1.807) is 0 Å². The van der Waals surface area contributed by atoms with Crippen LogP contribution in [0.4, 0.5) is 39.4 Å². The molecule has 3 aromatic rings. The Labute approximate surface area is 200 Å². The summed E-state index contributed by atoms with van der Waals surface area (Å²) < 4.78 is 53.5. The highest BCUT2D eigenvalue weighted by atomic mass is 35.5. The molecule has 0 saturated carbocycles. The standard InChI is InChI=1S/C21H13Cl2F4N3O2S/c22-15-6-4-11(8-16(15)23)19(31)28-14-5-7-17(24)18(10-14)30(33)20(32)29-13-3-1-2-12(9-13)21(25,26)27/h1-10,33H,(H,28,31)(H,29,32). The van der Waals surface area contributed by atoms with Crippen molar-refractivity contribution in [2.75, 3.05) is 14.9 Å². The number of urea groups is 1. The van der Waals surface area contributed by atoms with E-state index in [-0.39, 0.29) is 32.7 Å². The van der Waals surface area contributed by atoms with Gasteiger partial charge in [0.25, 0.3) is 5.91 Å². The van der Waals surface area contributed by atoms with Crippen LogP contribution in [0.25, 0.3) is 0 Å². The molecule has 0 aliphatic heterocycles. The molecular weight excluding hydrogens is 505 g/mol. The summed E-state index contributed by atoms with van der Waals surface area (Å²) in [6.07, 6.45) is -4.60. The number of alkyl halides is 3. The normalized spacial score (nSPS) is 11.1. The van der Waals surface area contributed by atoms with E-state index >= 15 is 0 Å². The Hall–Kier alpha value is -2.95. The summed E-state index contributed by atoms with van der Waals surface area (Å²) in [5, 5.41) is 5.15. The Morgan fingerprint density at radius 3 is 2.24 bits per heavy atom. The molecule has 0 atom stereocenters. The topological polar surface area (TPSA) is 61.4 Å². The number of carbonyl (C=O) groups is 2. The zero-order valence-corrected chi connectivity index (χ0v) is 18.7. The first-order valence-electron chi connectivity index (χ1n) is 8.99. The number of nitrogens with zero attached hydrogens (tertiary/aromatic N) is 1. The molecule has 0 heterocycles. The van der Waals surface area contributed by atoms with E-state index in [1.165, 1.54) is 30.3 Å². The highest BCUT2D eigenvalue weighted by Gasteiger charge is 2.30. The van der Waals surface area contributed by atoms with Gasteiger partial charge in [-0.2, -0.15) is 13.2 Å². The van der Waals surface area contributed by atoms with Crippen molar-refractivity contribution in [1.82, 2.24) is 0 Å². The van der Waals surface area contributed by atoms with Gasteiger partial charge in [0.2, 0.25) is 0 Å². The van der Waals surface area contributed by atoms with E-state index in [4.69, 9.17) is 23.2 Å². The Kier molecular flexibility index (Phi) is 7.41. The molecule has 0 aliphatic rings. The fraction of sp³-hybridized carbons (Fsp3) is 0.0476. The number of rotatable bonds is 4. The van der Waals surface area contributed by atoms with Crippen molar-refractivity contribution < 1.29 is 27.2 Å². The van der Waals surface area contributed by atoms with E-state index in [1.807, 2.05) is 0 Å². The fourth-order valence-electron chi connectivity index (χ4n) is 2.65. The molecular formula is C21H13Cl2F4N3O2S. The van der Waals surface area contributed by atoms with Gasteiger partial charge in [0.1, 0.15) is 5.82 Å². The molecule has 0 aromatic heterocycles. The van der Waals surface area contributed by atoms with E-state index in [0.717, 1.165) is 30.3 Å². The highest BCUT2D eigenvalue weighted by molar-refractivity contribution is 7.82. The zero-order chi connectivity index (χ0) is 24.3. The first-order chi connectivity index (χ1) is 15.5. The quantitative estimate of drug-likeness (QED) is 0.251. The minimum atomic E-state index is -4.60. The maximum absolute atomic E-state index is 14.3. The van der Waals surface area contributed by atoms with E-state index in [0.29, 0.717) is 4.31 Å². The van der Waals surface area contributed by atoms with Crippen molar-refractivity contribution in [3.63, 3.8) is 0 Å². The minimum absolute atomic E-state index is 0.119. The number of anilines is 3. The van der Waals surface area contributed by atoms with Gasteiger partial charge < -0.3 is 10.6 Å². The molecule has 33 heavy (non-hydrogen) atoms. The van der Waals surface area contributed by atoms with Gasteiger partial charge in [-0.25, -0.2) is 13.5 Å². The van der Waals surface area contributed by atoms with E-state index in [9.17, 15) is 27.2 Å². The number of benzene rings is 3. The van der Waals surface area contributed by atoms with Crippen LogP contribution in [0.1, 0.15) is 15.9 Å². The average Bonchev–Trinajstić information content (AvgIpc) is 2.76. The summed E-state index contributed by atoms with van der Waals surface area (Å²) >= 11 is 15.7. The third-order valence-corrected chi connectivity index (χ3v) is 5.38. The Bertz CT molecular complexity index is 1220. The van der Waals surface area contributed by atoms with Gasteiger partial charge in [-0.15, -0.1) is 0 Å². The van der Waals surface area contributed by atoms with Crippen molar-refractivity contribution in [3.05, 3.63) is 87.7 Å². The summed E-state index contributed by atoms with van der Waals surface area (Å²) in [5.41, 5.74) is -1.19. The molecule has 0 aliphatic carbocycles. The maximum Gasteiger partial charge on any atom is 0.416 e. The third kappa shape index (κ3) is 6.10. The molecule has 12 heteroatoms. The fourth-order valence-corrected chi connectivity index (χ4v) is 3.15. The van der Waals surface area contributed by atoms with Crippen molar-refractivity contribution in [2.24, 2.45) is 0 Å². The number of carbonyl (C=O) groups excluding carboxylic acids is 2. The first-order valence-corrected chi connectivity index (χ1v) is 10.1. The predicted molar refractivity (Wildman–Crippen MR) is 123 cm³/mol. The predicted octanol–water partition coefficient (Wildman–Crippen LogP) is 7.29. The third-order valence-electron chi connectivity index (χ3n) is 4.25. The van der Waals surface area contributed by atoms with Crippen LogP contribution >= 0.6 is 36.0 Å². The van der Waals surface area contributed by atoms with Crippen LogP contribution in [0, 0.1) is 5.82 Å². The van der Waals surface area contributed by atoms with Gasteiger partial charge in [-0.05, 0) is 54.6 Å². The Morgan fingerprint density at radius 1 is 0.879 bits per heavy atom. The second kappa shape index (κ2) is 9.90. The maximum atomic E-state index is 14.3. The van der Waals surface area contributed by atoms with Crippen LogP contribution in [0.5, 0.6) is 0 Å². The lowest BCUT2D eigenvalue weighted by Gasteiger charge is -2.19. The van der Waals surface area contributed by atoms with E-state index in [2.05, 4.69) is 23.4 Å². The van der Waals surface area contributed by atoms with Crippen LogP contribution in [-0.2, 0) is 6.18 Å². The second-order valence-electron chi connectivity index (χ2n) is 6.57. The molecule has 0 saturated heterocycles. The molecule has 172 valence electrons. The number of thiol groups is 1. The summed E-state index contributed by atoms with van der Waals surface area (Å²) in [4.78, 5) is 24.8. The van der Waals surface area contributed by atoms with Crippen molar-refractivity contribution in [3.8, 4) is 0 Å². The number of amides is 3. The van der Waals surface area contributed by atoms with Crippen molar-refractivity contribution in [2.45, 2.75) is 6.18 Å². The van der Waals surface area contributed by atoms with Crippen LogP contribution in [0.15, 0.2) is 60.7 Å². The molecule has 0 unspecified atom stereocenters. The molecule has 3 rings (SSSR count). The highest BCUT2D eigenvalue weighted by Crippen LogP contribution is 2.31. The summed E-state index contributed by atoms with van der Waals surface area (Å²) in [6, 6.07) is 10.5. The molecule has 3 amide bonds. The molecule has 0 spiro atoms. The van der Waals surface area contributed by atoms with Crippen LogP contribution < -0.4 is 14.9 Å². The largest absolute Gasteiger partial charge is 0.416 e. The lowest BCUT2D eigenvalue weighted by atomic mass is 10.2. The molecule has 2 N–H and O–H groups in total. The van der Waals surface area contributed by atoms with E-state index < -0.39 is 29.5 Å². The lowest BCUT2D eigenvalue weighted by Crippen LogP contribution is -2.27. The zero-order valence-electron chi connectivity index (χ0n) is 16.3. The molecule has 5 nitrogen and oxygen atoms in total. The average molecular weight is 518 g/mol. The number of hydrogen-bond donors (Lipinski definition) is 3.